The smallest absolute Gasteiger partial charge is 0.241 e. The first-order valence-electron chi connectivity index (χ1n) is 6.99. The second kappa shape index (κ2) is 6.93. The van der Waals surface area contributed by atoms with Crippen molar-refractivity contribution in [2.24, 2.45) is 0 Å². The first-order chi connectivity index (χ1) is 9.66. The first-order valence-corrected chi connectivity index (χ1v) is 6.99. The fourth-order valence-corrected chi connectivity index (χ4v) is 2.33. The van der Waals surface area contributed by atoms with Gasteiger partial charge in [0.1, 0.15) is 0 Å². The molecule has 2 amide bonds. The summed E-state index contributed by atoms with van der Waals surface area (Å²) in [7, 11) is 0. The van der Waals surface area contributed by atoms with Gasteiger partial charge in [0.2, 0.25) is 11.8 Å². The summed E-state index contributed by atoms with van der Waals surface area (Å²) in [5.41, 5.74) is 0.945. The molecule has 1 aromatic rings. The van der Waals surface area contributed by atoms with Crippen LogP contribution >= 0.6 is 0 Å². The van der Waals surface area contributed by atoms with Gasteiger partial charge >= 0.3 is 0 Å². The van der Waals surface area contributed by atoms with Gasteiger partial charge in [0.15, 0.2) is 0 Å². The maximum Gasteiger partial charge on any atom is 0.241 e. The Hall–Kier alpha value is -2.04. The third-order valence-electron chi connectivity index (χ3n) is 3.51. The molecule has 108 valence electrons. The topological polar surface area (TPSA) is 52.7 Å². The van der Waals surface area contributed by atoms with E-state index in [9.17, 15) is 9.59 Å². The van der Waals surface area contributed by atoms with Crippen molar-refractivity contribution in [1.29, 1.82) is 0 Å². The van der Waals surface area contributed by atoms with Gasteiger partial charge in [0, 0.05) is 38.8 Å². The van der Waals surface area contributed by atoms with Crippen LogP contribution < -0.4 is 5.32 Å². The van der Waals surface area contributed by atoms with Crippen LogP contribution in [-0.2, 0) is 9.59 Å². The summed E-state index contributed by atoms with van der Waals surface area (Å²) < 4.78 is 0. The molecular formula is C15H21N3O2. The Morgan fingerprint density at radius 3 is 2.40 bits per heavy atom. The Morgan fingerprint density at radius 2 is 1.70 bits per heavy atom. The fourth-order valence-electron chi connectivity index (χ4n) is 2.33. The van der Waals surface area contributed by atoms with Gasteiger partial charge in [0.25, 0.3) is 0 Å². The Bertz CT molecular complexity index is 461. The molecule has 0 unspecified atom stereocenters. The van der Waals surface area contributed by atoms with E-state index in [0.29, 0.717) is 19.6 Å². The highest BCUT2D eigenvalue weighted by atomic mass is 16.2. The zero-order chi connectivity index (χ0) is 14.4. The number of carbonyl (C=O) groups excluding carboxylic acids is 2. The van der Waals surface area contributed by atoms with Crippen molar-refractivity contribution in [1.82, 2.24) is 9.80 Å². The maximum atomic E-state index is 12.2. The molecule has 1 aliphatic rings. The Balaban J connectivity index is 1.82. The van der Waals surface area contributed by atoms with Crippen LogP contribution in [0.15, 0.2) is 30.3 Å². The molecule has 1 heterocycles. The summed E-state index contributed by atoms with van der Waals surface area (Å²) in [5, 5.41) is 3.12. The zero-order valence-corrected chi connectivity index (χ0v) is 11.8. The van der Waals surface area contributed by atoms with E-state index < -0.39 is 0 Å². The monoisotopic (exact) mass is 275 g/mol. The molecule has 2 rings (SSSR count). The average molecular weight is 275 g/mol. The number of nitrogens with one attached hydrogen (secondary N) is 1. The van der Waals surface area contributed by atoms with Crippen LogP contribution in [0.25, 0.3) is 0 Å². The maximum absolute atomic E-state index is 12.2. The zero-order valence-electron chi connectivity index (χ0n) is 11.8. The quantitative estimate of drug-likeness (QED) is 0.901. The van der Waals surface area contributed by atoms with Gasteiger partial charge in [-0.05, 0) is 18.6 Å². The van der Waals surface area contributed by atoms with Crippen LogP contribution in [0.3, 0.4) is 0 Å². The van der Waals surface area contributed by atoms with E-state index in [1.54, 1.807) is 11.8 Å². The van der Waals surface area contributed by atoms with Gasteiger partial charge in [-0.25, -0.2) is 0 Å². The van der Waals surface area contributed by atoms with Crippen molar-refractivity contribution < 1.29 is 9.59 Å². The molecule has 1 saturated heterocycles. The van der Waals surface area contributed by atoms with E-state index in [1.807, 2.05) is 35.2 Å². The highest BCUT2D eigenvalue weighted by Crippen LogP contribution is 2.07. The molecule has 1 fully saturated rings. The van der Waals surface area contributed by atoms with Gasteiger partial charge in [-0.15, -0.1) is 0 Å². The van der Waals surface area contributed by atoms with Crippen molar-refractivity contribution in [3.8, 4) is 0 Å². The molecule has 0 aromatic heterocycles. The molecule has 1 aliphatic heterocycles. The standard InChI is InChI=1S/C15H21N3O2/c1-13(19)17-8-5-9-18(11-10-17)15(20)12-16-14-6-3-2-4-7-14/h2-4,6-7,16H,5,8-12H2,1H3. The summed E-state index contributed by atoms with van der Waals surface area (Å²) in [6.45, 7) is 4.59. The predicted octanol–water partition coefficient (Wildman–Crippen LogP) is 1.18. The lowest BCUT2D eigenvalue weighted by Crippen LogP contribution is -2.39. The van der Waals surface area contributed by atoms with E-state index >= 15 is 0 Å². The lowest BCUT2D eigenvalue weighted by atomic mass is 10.3. The van der Waals surface area contributed by atoms with Crippen LogP contribution in [0.4, 0.5) is 5.69 Å². The second-order valence-electron chi connectivity index (χ2n) is 4.96. The SMILES string of the molecule is CC(=O)N1CCCN(C(=O)CNc2ccccc2)CC1. The molecule has 0 atom stereocenters. The first kappa shape index (κ1) is 14.4. The average Bonchev–Trinajstić information content (AvgIpc) is 2.72. The summed E-state index contributed by atoms with van der Waals surface area (Å²) in [4.78, 5) is 27.1. The molecule has 0 saturated carbocycles. The van der Waals surface area contributed by atoms with Crippen molar-refractivity contribution in [2.75, 3.05) is 38.0 Å². The van der Waals surface area contributed by atoms with Crippen molar-refractivity contribution in [3.63, 3.8) is 0 Å². The minimum Gasteiger partial charge on any atom is -0.376 e. The highest BCUT2D eigenvalue weighted by molar-refractivity contribution is 5.81. The Morgan fingerprint density at radius 1 is 1.05 bits per heavy atom. The molecule has 1 aromatic carbocycles. The highest BCUT2D eigenvalue weighted by Gasteiger charge is 2.19. The molecule has 0 radical (unpaired) electrons. The normalized spacial score (nSPS) is 15.7. The van der Waals surface area contributed by atoms with E-state index in [2.05, 4.69) is 5.32 Å². The van der Waals surface area contributed by atoms with Gasteiger partial charge in [-0.3, -0.25) is 9.59 Å². The molecule has 0 spiro atoms. The lowest BCUT2D eigenvalue weighted by Gasteiger charge is -2.21. The van der Waals surface area contributed by atoms with Crippen LogP contribution in [0, 0.1) is 0 Å². The Kier molecular flexibility index (Phi) is 4.98. The fraction of sp³-hybridized carbons (Fsp3) is 0.467. The summed E-state index contributed by atoms with van der Waals surface area (Å²) >= 11 is 0. The largest absolute Gasteiger partial charge is 0.376 e. The lowest BCUT2D eigenvalue weighted by molar-refractivity contribution is -0.131. The number of para-hydroxylation sites is 1. The van der Waals surface area contributed by atoms with Gasteiger partial charge in [-0.2, -0.15) is 0 Å². The molecule has 5 nitrogen and oxygen atoms in total. The van der Waals surface area contributed by atoms with Crippen molar-refractivity contribution >= 4 is 17.5 Å². The Labute approximate surface area is 119 Å². The van der Waals surface area contributed by atoms with Crippen LogP contribution in [0.5, 0.6) is 0 Å². The van der Waals surface area contributed by atoms with Crippen molar-refractivity contribution in [3.05, 3.63) is 30.3 Å². The minimum absolute atomic E-state index is 0.0826. The molecule has 20 heavy (non-hydrogen) atoms. The van der Waals surface area contributed by atoms with Gasteiger partial charge in [0.05, 0.1) is 6.54 Å². The predicted molar refractivity (Wildman–Crippen MR) is 78.4 cm³/mol. The van der Waals surface area contributed by atoms with Crippen molar-refractivity contribution in [2.45, 2.75) is 13.3 Å². The molecule has 0 aliphatic carbocycles. The third-order valence-corrected chi connectivity index (χ3v) is 3.51. The number of hydrogen-bond donors (Lipinski definition) is 1. The van der Waals surface area contributed by atoms with E-state index in [0.717, 1.165) is 25.2 Å². The third kappa shape index (κ3) is 3.98. The summed E-state index contributed by atoms with van der Waals surface area (Å²) in [6, 6.07) is 9.69. The number of carbonyl (C=O) groups is 2. The van der Waals surface area contributed by atoms with E-state index in [-0.39, 0.29) is 11.8 Å². The molecule has 1 N–H and O–H groups in total. The van der Waals surface area contributed by atoms with Crippen LogP contribution in [0.1, 0.15) is 13.3 Å². The van der Waals surface area contributed by atoms with Gasteiger partial charge < -0.3 is 15.1 Å². The van der Waals surface area contributed by atoms with E-state index in [1.165, 1.54) is 0 Å². The second-order valence-corrected chi connectivity index (χ2v) is 4.96. The molecule has 0 bridgehead atoms. The number of rotatable bonds is 3. The van der Waals surface area contributed by atoms with Crippen LogP contribution in [-0.4, -0.2) is 54.3 Å². The number of benzene rings is 1. The number of anilines is 1. The van der Waals surface area contributed by atoms with E-state index in [4.69, 9.17) is 0 Å². The minimum atomic E-state index is 0.0826. The molecular weight excluding hydrogens is 254 g/mol. The molecule has 5 heteroatoms. The number of amides is 2. The van der Waals surface area contributed by atoms with Gasteiger partial charge in [-0.1, -0.05) is 18.2 Å². The summed E-state index contributed by atoms with van der Waals surface area (Å²) in [6.07, 6.45) is 0.844. The number of nitrogens with zero attached hydrogens (tertiary/aromatic N) is 2. The number of hydrogen-bond acceptors (Lipinski definition) is 3. The van der Waals surface area contributed by atoms with Crippen LogP contribution in [0.2, 0.25) is 0 Å². The summed E-state index contributed by atoms with van der Waals surface area (Å²) in [5.74, 6) is 0.168.